The van der Waals surface area contributed by atoms with Crippen molar-refractivity contribution >= 4 is 17.3 Å². The van der Waals surface area contributed by atoms with Crippen molar-refractivity contribution in [3.8, 4) is 11.5 Å². The van der Waals surface area contributed by atoms with E-state index in [2.05, 4.69) is 10.6 Å². The average Bonchev–Trinajstić information content (AvgIpc) is 2.72. The molecule has 0 spiro atoms. The summed E-state index contributed by atoms with van der Waals surface area (Å²) in [6.45, 7) is 0.556. The topological polar surface area (TPSA) is 59.6 Å². The molecule has 5 heteroatoms. The molecule has 5 nitrogen and oxygen atoms in total. The average molecular weight is 362 g/mol. The number of anilines is 2. The smallest absolute Gasteiger partial charge is 0.243 e. The van der Waals surface area contributed by atoms with E-state index in [0.717, 1.165) is 11.3 Å². The molecule has 138 valence electrons. The molecule has 3 aromatic rings. The molecule has 0 saturated heterocycles. The normalized spacial score (nSPS) is 10.1. The Morgan fingerprint density at radius 2 is 1.44 bits per heavy atom. The summed E-state index contributed by atoms with van der Waals surface area (Å²) in [7, 11) is 1.60. The Kier molecular flexibility index (Phi) is 6.30. The minimum Gasteiger partial charge on any atom is -0.495 e. The van der Waals surface area contributed by atoms with Gasteiger partial charge in [0.1, 0.15) is 18.1 Å². The molecule has 0 aliphatic carbocycles. The number of carbonyl (C=O) groups is 1. The number of rotatable bonds is 8. The molecule has 0 aromatic heterocycles. The minimum absolute atomic E-state index is 0.118. The molecule has 0 bridgehead atoms. The minimum atomic E-state index is -0.170. The van der Waals surface area contributed by atoms with Gasteiger partial charge in [-0.3, -0.25) is 4.79 Å². The van der Waals surface area contributed by atoms with Crippen molar-refractivity contribution in [1.82, 2.24) is 0 Å². The predicted octanol–water partition coefficient (Wildman–Crippen LogP) is 4.32. The van der Waals surface area contributed by atoms with Crippen molar-refractivity contribution in [2.45, 2.75) is 6.61 Å². The van der Waals surface area contributed by atoms with Crippen molar-refractivity contribution in [2.24, 2.45) is 0 Å². The zero-order valence-electron chi connectivity index (χ0n) is 15.1. The zero-order valence-corrected chi connectivity index (χ0v) is 15.1. The van der Waals surface area contributed by atoms with Gasteiger partial charge in [-0.15, -0.1) is 0 Å². The molecule has 1 amide bonds. The van der Waals surface area contributed by atoms with E-state index in [9.17, 15) is 4.79 Å². The second kappa shape index (κ2) is 9.29. The van der Waals surface area contributed by atoms with E-state index < -0.39 is 0 Å². The first-order valence-corrected chi connectivity index (χ1v) is 8.69. The molecule has 0 heterocycles. The van der Waals surface area contributed by atoms with Crippen LogP contribution in [0.4, 0.5) is 11.4 Å². The lowest BCUT2D eigenvalue weighted by atomic mass is 10.2. The van der Waals surface area contributed by atoms with Gasteiger partial charge in [0, 0.05) is 0 Å². The number of methoxy groups -OCH3 is 1. The monoisotopic (exact) mass is 362 g/mol. The molecule has 0 radical (unpaired) electrons. The molecule has 0 fully saturated rings. The van der Waals surface area contributed by atoms with E-state index in [0.29, 0.717) is 23.8 Å². The fourth-order valence-corrected chi connectivity index (χ4v) is 2.59. The summed E-state index contributed by atoms with van der Waals surface area (Å²) in [6, 6.07) is 24.8. The Morgan fingerprint density at radius 1 is 0.815 bits per heavy atom. The first-order valence-electron chi connectivity index (χ1n) is 8.69. The molecular formula is C22H22N2O3. The highest BCUT2D eigenvalue weighted by atomic mass is 16.5. The van der Waals surface area contributed by atoms with Crippen LogP contribution in [0.1, 0.15) is 5.56 Å². The fourth-order valence-electron chi connectivity index (χ4n) is 2.59. The maximum absolute atomic E-state index is 12.3. The standard InChI is InChI=1S/C22H22N2O3/c1-26-20-13-7-5-11-18(20)23-15-22(25)24-19-12-6-8-14-21(19)27-16-17-9-3-2-4-10-17/h2-14,23H,15-16H2,1H3,(H,24,25). The van der Waals surface area contributed by atoms with Crippen LogP contribution in [0.3, 0.4) is 0 Å². The number of ether oxygens (including phenoxy) is 2. The molecule has 3 rings (SSSR count). The van der Waals surface area contributed by atoms with E-state index in [4.69, 9.17) is 9.47 Å². The van der Waals surface area contributed by atoms with Gasteiger partial charge >= 0.3 is 0 Å². The Bertz CT molecular complexity index is 881. The first-order chi connectivity index (χ1) is 13.3. The van der Waals surface area contributed by atoms with Gasteiger partial charge in [0.05, 0.1) is 25.0 Å². The summed E-state index contributed by atoms with van der Waals surface area (Å²) in [6.07, 6.45) is 0. The van der Waals surface area contributed by atoms with Crippen LogP contribution in [0.15, 0.2) is 78.9 Å². The number of benzene rings is 3. The van der Waals surface area contributed by atoms with Gasteiger partial charge in [-0.1, -0.05) is 54.6 Å². The molecule has 0 saturated carbocycles. The molecule has 0 atom stereocenters. The van der Waals surface area contributed by atoms with Gasteiger partial charge in [-0.2, -0.15) is 0 Å². The summed E-state index contributed by atoms with van der Waals surface area (Å²) < 4.78 is 11.1. The van der Waals surface area contributed by atoms with Crippen molar-refractivity contribution in [1.29, 1.82) is 0 Å². The van der Waals surface area contributed by atoms with Gasteiger partial charge in [0.2, 0.25) is 5.91 Å². The van der Waals surface area contributed by atoms with Crippen molar-refractivity contribution in [3.05, 3.63) is 84.4 Å². The van der Waals surface area contributed by atoms with Crippen LogP contribution in [0.5, 0.6) is 11.5 Å². The zero-order chi connectivity index (χ0) is 18.9. The van der Waals surface area contributed by atoms with E-state index in [-0.39, 0.29) is 12.5 Å². The lowest BCUT2D eigenvalue weighted by molar-refractivity contribution is -0.114. The summed E-state index contributed by atoms with van der Waals surface area (Å²) in [4.78, 5) is 12.3. The highest BCUT2D eigenvalue weighted by molar-refractivity contribution is 5.95. The fraction of sp³-hybridized carbons (Fsp3) is 0.136. The van der Waals surface area contributed by atoms with Crippen LogP contribution < -0.4 is 20.1 Å². The number of hydrogen-bond acceptors (Lipinski definition) is 4. The molecule has 0 aliphatic rings. The predicted molar refractivity (Wildman–Crippen MR) is 107 cm³/mol. The van der Waals surface area contributed by atoms with Crippen LogP contribution in [-0.2, 0) is 11.4 Å². The molecule has 3 aromatic carbocycles. The lowest BCUT2D eigenvalue weighted by Crippen LogP contribution is -2.22. The Morgan fingerprint density at radius 3 is 2.19 bits per heavy atom. The number of para-hydroxylation sites is 4. The summed E-state index contributed by atoms with van der Waals surface area (Å²) >= 11 is 0. The first kappa shape index (κ1) is 18.3. The molecule has 0 aliphatic heterocycles. The molecule has 0 unspecified atom stereocenters. The maximum atomic E-state index is 12.3. The quantitative estimate of drug-likeness (QED) is 0.626. The third kappa shape index (κ3) is 5.25. The summed E-state index contributed by atoms with van der Waals surface area (Å²) in [5, 5.41) is 5.97. The number of hydrogen-bond donors (Lipinski definition) is 2. The van der Waals surface area contributed by atoms with Gasteiger partial charge < -0.3 is 20.1 Å². The largest absolute Gasteiger partial charge is 0.495 e. The van der Waals surface area contributed by atoms with Crippen LogP contribution in [0, 0.1) is 0 Å². The van der Waals surface area contributed by atoms with Crippen molar-refractivity contribution in [2.75, 3.05) is 24.3 Å². The summed E-state index contributed by atoms with van der Waals surface area (Å²) in [5.41, 5.74) is 2.47. The third-order valence-corrected chi connectivity index (χ3v) is 3.94. The lowest BCUT2D eigenvalue weighted by Gasteiger charge is -2.14. The number of carbonyl (C=O) groups excluding carboxylic acids is 1. The van der Waals surface area contributed by atoms with Gasteiger partial charge in [0.15, 0.2) is 0 Å². The molecule has 27 heavy (non-hydrogen) atoms. The van der Waals surface area contributed by atoms with Crippen molar-refractivity contribution in [3.63, 3.8) is 0 Å². The SMILES string of the molecule is COc1ccccc1NCC(=O)Nc1ccccc1OCc1ccccc1. The van der Waals surface area contributed by atoms with Crippen molar-refractivity contribution < 1.29 is 14.3 Å². The number of amides is 1. The second-order valence-corrected chi connectivity index (χ2v) is 5.87. The Balaban J connectivity index is 1.59. The van der Waals surface area contributed by atoms with E-state index in [1.165, 1.54) is 0 Å². The van der Waals surface area contributed by atoms with Gasteiger partial charge in [0.25, 0.3) is 0 Å². The Labute approximate surface area is 158 Å². The van der Waals surface area contributed by atoms with Crippen LogP contribution in [-0.4, -0.2) is 19.6 Å². The van der Waals surface area contributed by atoms with Crippen LogP contribution >= 0.6 is 0 Å². The van der Waals surface area contributed by atoms with Crippen LogP contribution in [0.2, 0.25) is 0 Å². The van der Waals surface area contributed by atoms with E-state index >= 15 is 0 Å². The third-order valence-electron chi connectivity index (χ3n) is 3.94. The highest BCUT2D eigenvalue weighted by Gasteiger charge is 2.09. The molecule has 2 N–H and O–H groups in total. The summed E-state index contributed by atoms with van der Waals surface area (Å²) in [5.74, 6) is 1.15. The van der Waals surface area contributed by atoms with E-state index in [1.54, 1.807) is 7.11 Å². The Hall–Kier alpha value is -3.47. The van der Waals surface area contributed by atoms with E-state index in [1.807, 2.05) is 78.9 Å². The number of nitrogens with one attached hydrogen (secondary N) is 2. The van der Waals surface area contributed by atoms with Gasteiger partial charge in [-0.05, 0) is 29.8 Å². The highest BCUT2D eigenvalue weighted by Crippen LogP contribution is 2.25. The van der Waals surface area contributed by atoms with Crippen LogP contribution in [0.25, 0.3) is 0 Å². The second-order valence-electron chi connectivity index (χ2n) is 5.87. The van der Waals surface area contributed by atoms with Gasteiger partial charge in [-0.25, -0.2) is 0 Å². The molecular weight excluding hydrogens is 340 g/mol. The maximum Gasteiger partial charge on any atom is 0.243 e.